The van der Waals surface area contributed by atoms with Crippen LogP contribution in [0.4, 0.5) is 0 Å². The van der Waals surface area contributed by atoms with Gasteiger partial charge in [-0.25, -0.2) is 4.98 Å². The largest absolute Gasteiger partial charge is 0.497 e. The summed E-state index contributed by atoms with van der Waals surface area (Å²) in [7, 11) is 1.63. The fourth-order valence-electron chi connectivity index (χ4n) is 1.74. The van der Waals surface area contributed by atoms with E-state index >= 15 is 0 Å². The minimum atomic E-state index is 0.247. The summed E-state index contributed by atoms with van der Waals surface area (Å²) in [5.41, 5.74) is 2.36. The van der Waals surface area contributed by atoms with Gasteiger partial charge in [-0.2, -0.15) is 15.6 Å². The summed E-state index contributed by atoms with van der Waals surface area (Å²) in [6.07, 6.45) is 0. The number of benzene rings is 1. The van der Waals surface area contributed by atoms with E-state index in [1.165, 1.54) is 11.3 Å². The van der Waals surface area contributed by atoms with Crippen LogP contribution < -0.4 is 4.74 Å². The predicted molar refractivity (Wildman–Crippen MR) is 74.2 cm³/mol. The van der Waals surface area contributed by atoms with Crippen molar-refractivity contribution in [1.82, 2.24) is 20.4 Å². The van der Waals surface area contributed by atoms with Crippen molar-refractivity contribution in [2.24, 2.45) is 0 Å². The molecule has 6 nitrogen and oxygen atoms in total. The summed E-state index contributed by atoms with van der Waals surface area (Å²) in [4.78, 5) is 4.49. The summed E-state index contributed by atoms with van der Waals surface area (Å²) < 4.78 is 5.12. The number of H-pyrrole nitrogens is 1. The lowest BCUT2D eigenvalue weighted by Crippen LogP contribution is -1.84. The lowest BCUT2D eigenvalue weighted by molar-refractivity contribution is 0.415. The maximum atomic E-state index is 8.94. The maximum Gasteiger partial charge on any atom is 0.192 e. The molecule has 0 bridgehead atoms. The Labute approximate surface area is 118 Å². The van der Waals surface area contributed by atoms with Crippen molar-refractivity contribution in [2.45, 2.75) is 0 Å². The second-order valence-corrected chi connectivity index (χ2v) is 4.76. The topological polar surface area (TPSA) is 87.5 Å². The number of aromatic nitrogens is 4. The van der Waals surface area contributed by atoms with E-state index in [9.17, 15) is 0 Å². The van der Waals surface area contributed by atoms with Crippen molar-refractivity contribution in [3.8, 4) is 33.8 Å². The molecule has 3 rings (SSSR count). The number of rotatable bonds is 3. The SMILES string of the molecule is COc1ccc(-c2nc(-c3n[nH]nc3C#N)cs2)cc1. The highest BCUT2D eigenvalue weighted by Crippen LogP contribution is 2.29. The zero-order valence-electron chi connectivity index (χ0n) is 10.5. The Morgan fingerprint density at radius 3 is 2.75 bits per heavy atom. The summed E-state index contributed by atoms with van der Waals surface area (Å²) in [6.45, 7) is 0. The molecule has 7 heteroatoms. The fourth-order valence-corrected chi connectivity index (χ4v) is 2.55. The normalized spacial score (nSPS) is 10.2. The zero-order chi connectivity index (χ0) is 13.9. The molecular formula is C13H9N5OS. The molecule has 0 aliphatic heterocycles. The lowest BCUT2D eigenvalue weighted by Gasteiger charge is -2.00. The highest BCUT2D eigenvalue weighted by molar-refractivity contribution is 7.13. The van der Waals surface area contributed by atoms with Crippen LogP contribution in [-0.4, -0.2) is 27.5 Å². The van der Waals surface area contributed by atoms with E-state index in [1.54, 1.807) is 7.11 Å². The molecular weight excluding hydrogens is 274 g/mol. The molecule has 0 saturated heterocycles. The van der Waals surface area contributed by atoms with Crippen LogP contribution >= 0.6 is 11.3 Å². The van der Waals surface area contributed by atoms with E-state index < -0.39 is 0 Å². The van der Waals surface area contributed by atoms with Crippen LogP contribution in [0, 0.1) is 11.3 Å². The Kier molecular flexibility index (Phi) is 3.15. The standard InChI is InChI=1S/C13H9N5OS/c1-19-9-4-2-8(3-5-9)13-15-11(7-20-13)12-10(6-14)16-18-17-12/h2-5,7H,1H3,(H,16,17,18). The summed E-state index contributed by atoms with van der Waals surface area (Å²) in [5, 5.41) is 21.8. The molecule has 0 amide bonds. The zero-order valence-corrected chi connectivity index (χ0v) is 11.3. The molecule has 3 aromatic rings. The van der Waals surface area contributed by atoms with Gasteiger partial charge in [0.25, 0.3) is 0 Å². The van der Waals surface area contributed by atoms with E-state index in [0.717, 1.165) is 16.3 Å². The molecule has 0 spiro atoms. The molecule has 0 aliphatic rings. The van der Waals surface area contributed by atoms with Crippen LogP contribution in [0.25, 0.3) is 22.0 Å². The highest BCUT2D eigenvalue weighted by atomic mass is 32.1. The summed E-state index contributed by atoms with van der Waals surface area (Å²) in [6, 6.07) is 9.63. The number of nitrogens with zero attached hydrogens (tertiary/aromatic N) is 4. The smallest absolute Gasteiger partial charge is 0.192 e. The molecule has 98 valence electrons. The second-order valence-electron chi connectivity index (χ2n) is 3.90. The van der Waals surface area contributed by atoms with Crippen molar-refractivity contribution < 1.29 is 4.74 Å². The fraction of sp³-hybridized carbons (Fsp3) is 0.0769. The van der Waals surface area contributed by atoms with Crippen molar-refractivity contribution in [3.05, 3.63) is 35.3 Å². The number of ether oxygens (including phenoxy) is 1. The number of hydrogen-bond acceptors (Lipinski definition) is 6. The van der Waals surface area contributed by atoms with Crippen LogP contribution in [0.5, 0.6) is 5.75 Å². The average Bonchev–Trinajstić information content (AvgIpc) is 3.15. The van der Waals surface area contributed by atoms with Crippen LogP contribution in [-0.2, 0) is 0 Å². The number of thiazole rings is 1. The van der Waals surface area contributed by atoms with Gasteiger partial charge in [-0.15, -0.1) is 16.4 Å². The predicted octanol–water partition coefficient (Wildman–Crippen LogP) is 2.48. The first-order chi connectivity index (χ1) is 9.81. The quantitative estimate of drug-likeness (QED) is 0.797. The van der Waals surface area contributed by atoms with E-state index in [0.29, 0.717) is 11.4 Å². The van der Waals surface area contributed by atoms with Gasteiger partial charge in [-0.1, -0.05) is 0 Å². The second kappa shape index (κ2) is 5.11. The summed E-state index contributed by atoms with van der Waals surface area (Å²) in [5.74, 6) is 0.800. The number of nitriles is 1. The van der Waals surface area contributed by atoms with Gasteiger partial charge >= 0.3 is 0 Å². The van der Waals surface area contributed by atoms with E-state index in [1.807, 2.05) is 35.7 Å². The Bertz CT molecular complexity index is 769. The van der Waals surface area contributed by atoms with Crippen LogP contribution in [0.2, 0.25) is 0 Å². The molecule has 2 heterocycles. The molecule has 20 heavy (non-hydrogen) atoms. The van der Waals surface area contributed by atoms with E-state index in [-0.39, 0.29) is 5.69 Å². The van der Waals surface area contributed by atoms with E-state index in [2.05, 4.69) is 20.4 Å². The Morgan fingerprint density at radius 2 is 2.05 bits per heavy atom. The van der Waals surface area contributed by atoms with Gasteiger partial charge in [0.2, 0.25) is 0 Å². The molecule has 0 radical (unpaired) electrons. The molecule has 0 fully saturated rings. The molecule has 2 aromatic heterocycles. The summed E-state index contributed by atoms with van der Waals surface area (Å²) >= 11 is 1.49. The third-order valence-electron chi connectivity index (χ3n) is 2.74. The Balaban J connectivity index is 1.96. The molecule has 0 aliphatic carbocycles. The van der Waals surface area contributed by atoms with Gasteiger partial charge < -0.3 is 4.74 Å². The maximum absolute atomic E-state index is 8.94. The number of hydrogen-bond donors (Lipinski definition) is 1. The van der Waals surface area contributed by atoms with Crippen molar-refractivity contribution in [2.75, 3.05) is 7.11 Å². The van der Waals surface area contributed by atoms with Crippen molar-refractivity contribution >= 4 is 11.3 Å². The van der Waals surface area contributed by atoms with Gasteiger partial charge in [0.15, 0.2) is 5.69 Å². The van der Waals surface area contributed by atoms with Crippen LogP contribution in [0.3, 0.4) is 0 Å². The first kappa shape index (κ1) is 12.3. The first-order valence-corrected chi connectivity index (χ1v) is 6.61. The van der Waals surface area contributed by atoms with Gasteiger partial charge in [0, 0.05) is 10.9 Å². The van der Waals surface area contributed by atoms with Gasteiger partial charge in [0.05, 0.1) is 7.11 Å². The number of aromatic amines is 1. The van der Waals surface area contributed by atoms with Crippen LogP contribution in [0.15, 0.2) is 29.6 Å². The van der Waals surface area contributed by atoms with Gasteiger partial charge in [0.1, 0.15) is 28.2 Å². The molecule has 1 aromatic carbocycles. The molecule has 1 N–H and O–H groups in total. The monoisotopic (exact) mass is 283 g/mol. The highest BCUT2D eigenvalue weighted by Gasteiger charge is 2.14. The number of nitrogens with one attached hydrogen (secondary N) is 1. The average molecular weight is 283 g/mol. The third-order valence-corrected chi connectivity index (χ3v) is 3.63. The molecule has 0 unspecified atom stereocenters. The minimum Gasteiger partial charge on any atom is -0.497 e. The third kappa shape index (κ3) is 2.13. The first-order valence-electron chi connectivity index (χ1n) is 5.73. The molecule has 0 saturated carbocycles. The van der Waals surface area contributed by atoms with Gasteiger partial charge in [-0.05, 0) is 24.3 Å². The lowest BCUT2D eigenvalue weighted by atomic mass is 10.2. The van der Waals surface area contributed by atoms with Crippen molar-refractivity contribution in [1.29, 1.82) is 5.26 Å². The van der Waals surface area contributed by atoms with Crippen molar-refractivity contribution in [3.63, 3.8) is 0 Å². The number of methoxy groups -OCH3 is 1. The van der Waals surface area contributed by atoms with E-state index in [4.69, 9.17) is 10.00 Å². The Morgan fingerprint density at radius 1 is 1.25 bits per heavy atom. The van der Waals surface area contributed by atoms with Crippen LogP contribution in [0.1, 0.15) is 5.69 Å². The minimum absolute atomic E-state index is 0.247. The molecule has 0 atom stereocenters. The Hall–Kier alpha value is -2.72. The van der Waals surface area contributed by atoms with Gasteiger partial charge in [-0.3, -0.25) is 0 Å².